The minimum absolute atomic E-state index is 0.0115. The summed E-state index contributed by atoms with van der Waals surface area (Å²) in [4.78, 5) is 14.2. The van der Waals surface area contributed by atoms with Crippen LogP contribution in [0, 0.1) is 23.2 Å². The minimum Gasteiger partial charge on any atom is -0.492 e. The summed E-state index contributed by atoms with van der Waals surface area (Å²) in [5, 5.41) is 11.6. The Morgan fingerprint density at radius 3 is 2.50 bits per heavy atom. The van der Waals surface area contributed by atoms with Gasteiger partial charge in [0.05, 0.1) is 19.0 Å². The van der Waals surface area contributed by atoms with Gasteiger partial charge in [-0.25, -0.2) is 4.79 Å². The number of allylic oxidation sites excluding steroid dienone is 2. The zero-order valence-electron chi connectivity index (χ0n) is 13.8. The molecule has 1 aromatic rings. The van der Waals surface area contributed by atoms with Crippen LogP contribution in [0.1, 0.15) is 18.4 Å². The number of fused-ring (bicyclic) bond motifs is 1. The van der Waals surface area contributed by atoms with Crippen LogP contribution in [0.15, 0.2) is 36.4 Å². The van der Waals surface area contributed by atoms with Gasteiger partial charge >= 0.3 is 6.03 Å². The van der Waals surface area contributed by atoms with Gasteiger partial charge in [0.1, 0.15) is 12.4 Å². The standard InChI is InChI=1S/C19H23N3O2/c20-10-9-15-5-7-18(8-6-15)24-12-11-21-19(23)22-13-16-3-1-2-4-17(16)14-22/h1-2,5-8,16-17H,3-4,9,11-14H2,(H,21,23)/t16-,17-/m1/s1. The second-order valence-corrected chi connectivity index (χ2v) is 6.43. The number of hydrogen-bond donors (Lipinski definition) is 1. The zero-order valence-corrected chi connectivity index (χ0v) is 13.8. The lowest BCUT2D eigenvalue weighted by atomic mass is 9.86. The molecule has 2 amide bonds. The van der Waals surface area contributed by atoms with E-state index in [1.165, 1.54) is 0 Å². The summed E-state index contributed by atoms with van der Waals surface area (Å²) >= 11 is 0. The fourth-order valence-corrected chi connectivity index (χ4v) is 3.41. The van der Waals surface area contributed by atoms with E-state index >= 15 is 0 Å². The second kappa shape index (κ2) is 7.87. The van der Waals surface area contributed by atoms with Gasteiger partial charge in [0.15, 0.2) is 0 Å². The molecule has 1 N–H and O–H groups in total. The van der Waals surface area contributed by atoms with Gasteiger partial charge in [-0.2, -0.15) is 5.26 Å². The number of carbonyl (C=O) groups excluding carboxylic acids is 1. The number of hydrogen-bond acceptors (Lipinski definition) is 3. The van der Waals surface area contributed by atoms with Crippen molar-refractivity contribution in [2.45, 2.75) is 19.3 Å². The number of urea groups is 1. The number of nitrogens with zero attached hydrogens (tertiary/aromatic N) is 2. The maximum Gasteiger partial charge on any atom is 0.317 e. The van der Waals surface area contributed by atoms with Crippen molar-refractivity contribution >= 4 is 6.03 Å². The average molecular weight is 325 g/mol. The van der Waals surface area contributed by atoms with Gasteiger partial charge in [0.25, 0.3) is 0 Å². The summed E-state index contributed by atoms with van der Waals surface area (Å²) < 4.78 is 5.62. The highest BCUT2D eigenvalue weighted by molar-refractivity contribution is 5.74. The first kappa shape index (κ1) is 16.4. The third-order valence-electron chi connectivity index (χ3n) is 4.76. The molecule has 24 heavy (non-hydrogen) atoms. The molecule has 3 rings (SSSR count). The Balaban J connectivity index is 1.36. The van der Waals surface area contributed by atoms with Crippen molar-refractivity contribution in [3.05, 3.63) is 42.0 Å². The topological polar surface area (TPSA) is 65.4 Å². The van der Waals surface area contributed by atoms with Crippen LogP contribution in [0.2, 0.25) is 0 Å². The molecule has 1 aliphatic heterocycles. The van der Waals surface area contributed by atoms with Crippen molar-refractivity contribution < 1.29 is 9.53 Å². The number of ether oxygens (including phenoxy) is 1. The first-order valence-electron chi connectivity index (χ1n) is 8.52. The zero-order chi connectivity index (χ0) is 16.8. The predicted molar refractivity (Wildman–Crippen MR) is 91.6 cm³/mol. The highest BCUT2D eigenvalue weighted by atomic mass is 16.5. The van der Waals surface area contributed by atoms with E-state index in [1.807, 2.05) is 29.2 Å². The predicted octanol–water partition coefficient (Wildman–Crippen LogP) is 2.74. The number of amides is 2. The fraction of sp³-hybridized carbons (Fsp3) is 0.474. The van der Waals surface area contributed by atoms with E-state index in [4.69, 9.17) is 10.00 Å². The molecule has 0 saturated carbocycles. The van der Waals surface area contributed by atoms with Crippen LogP contribution in [0.25, 0.3) is 0 Å². The lowest BCUT2D eigenvalue weighted by Gasteiger charge is -2.17. The lowest BCUT2D eigenvalue weighted by Crippen LogP contribution is -2.40. The number of benzene rings is 1. The summed E-state index contributed by atoms with van der Waals surface area (Å²) in [6, 6.07) is 9.61. The normalized spacial score (nSPS) is 21.9. The van der Waals surface area contributed by atoms with Crippen molar-refractivity contribution in [3.63, 3.8) is 0 Å². The molecule has 1 aromatic carbocycles. The molecule has 5 nitrogen and oxygen atoms in total. The smallest absolute Gasteiger partial charge is 0.317 e. The molecule has 0 unspecified atom stereocenters. The first-order chi connectivity index (χ1) is 11.8. The Kier molecular flexibility index (Phi) is 5.37. The molecule has 1 heterocycles. The maximum absolute atomic E-state index is 12.2. The Bertz CT molecular complexity index is 617. The SMILES string of the molecule is N#CCc1ccc(OCCNC(=O)N2C[C@H]3CC=CC[C@@H]3C2)cc1. The van der Waals surface area contributed by atoms with Gasteiger partial charge in [-0.1, -0.05) is 24.3 Å². The van der Waals surface area contributed by atoms with Crippen molar-refractivity contribution in [2.24, 2.45) is 11.8 Å². The van der Waals surface area contributed by atoms with Crippen LogP contribution in [0.4, 0.5) is 4.79 Å². The van der Waals surface area contributed by atoms with Crippen LogP contribution in [0.5, 0.6) is 5.75 Å². The Labute approximate surface area is 142 Å². The summed E-state index contributed by atoms with van der Waals surface area (Å²) in [7, 11) is 0. The molecule has 1 fully saturated rings. The van der Waals surface area contributed by atoms with Gasteiger partial charge in [-0.05, 0) is 42.4 Å². The van der Waals surface area contributed by atoms with Crippen molar-refractivity contribution in [1.29, 1.82) is 5.26 Å². The monoisotopic (exact) mass is 325 g/mol. The van der Waals surface area contributed by atoms with E-state index in [2.05, 4.69) is 23.5 Å². The summed E-state index contributed by atoms with van der Waals surface area (Å²) in [6.07, 6.45) is 7.07. The molecular weight excluding hydrogens is 302 g/mol. The van der Waals surface area contributed by atoms with E-state index < -0.39 is 0 Å². The summed E-state index contributed by atoms with van der Waals surface area (Å²) in [5.41, 5.74) is 0.975. The molecule has 1 saturated heterocycles. The fourth-order valence-electron chi connectivity index (χ4n) is 3.41. The van der Waals surface area contributed by atoms with E-state index in [0.29, 0.717) is 31.4 Å². The molecule has 0 spiro atoms. The Morgan fingerprint density at radius 1 is 1.21 bits per heavy atom. The second-order valence-electron chi connectivity index (χ2n) is 6.43. The third kappa shape index (κ3) is 4.08. The Hall–Kier alpha value is -2.48. The summed E-state index contributed by atoms with van der Waals surface area (Å²) in [6.45, 7) is 2.65. The average Bonchev–Trinajstić information content (AvgIpc) is 3.04. The van der Waals surface area contributed by atoms with Gasteiger partial charge in [-0.15, -0.1) is 0 Å². The molecule has 126 valence electrons. The molecule has 5 heteroatoms. The number of nitrogens with one attached hydrogen (secondary N) is 1. The lowest BCUT2D eigenvalue weighted by molar-refractivity contribution is 0.203. The molecular formula is C19H23N3O2. The van der Waals surface area contributed by atoms with Crippen LogP contribution < -0.4 is 10.1 Å². The molecule has 0 bridgehead atoms. The molecule has 0 radical (unpaired) electrons. The van der Waals surface area contributed by atoms with Gasteiger partial charge in [0.2, 0.25) is 0 Å². The number of likely N-dealkylation sites (tertiary alicyclic amines) is 1. The van der Waals surface area contributed by atoms with E-state index in [1.54, 1.807) is 0 Å². The highest BCUT2D eigenvalue weighted by Crippen LogP contribution is 2.32. The van der Waals surface area contributed by atoms with Crippen LogP contribution in [0.3, 0.4) is 0 Å². The van der Waals surface area contributed by atoms with Crippen LogP contribution in [-0.4, -0.2) is 37.2 Å². The number of nitriles is 1. The van der Waals surface area contributed by atoms with Crippen LogP contribution >= 0.6 is 0 Å². The number of rotatable bonds is 5. The van der Waals surface area contributed by atoms with Crippen molar-refractivity contribution in [2.75, 3.05) is 26.2 Å². The quantitative estimate of drug-likeness (QED) is 0.669. The van der Waals surface area contributed by atoms with Gasteiger partial charge in [0, 0.05) is 13.1 Å². The van der Waals surface area contributed by atoms with Crippen molar-refractivity contribution in [1.82, 2.24) is 10.2 Å². The summed E-state index contributed by atoms with van der Waals surface area (Å²) in [5.74, 6) is 2.01. The van der Waals surface area contributed by atoms with E-state index in [0.717, 1.165) is 37.2 Å². The van der Waals surface area contributed by atoms with Crippen molar-refractivity contribution in [3.8, 4) is 11.8 Å². The molecule has 0 aromatic heterocycles. The van der Waals surface area contributed by atoms with Gasteiger partial charge in [-0.3, -0.25) is 0 Å². The molecule has 2 aliphatic rings. The highest BCUT2D eigenvalue weighted by Gasteiger charge is 2.34. The largest absolute Gasteiger partial charge is 0.492 e. The Morgan fingerprint density at radius 2 is 1.88 bits per heavy atom. The number of carbonyl (C=O) groups is 1. The molecule has 1 aliphatic carbocycles. The van der Waals surface area contributed by atoms with Gasteiger partial charge < -0.3 is 15.0 Å². The minimum atomic E-state index is 0.0115. The van der Waals surface area contributed by atoms with E-state index in [-0.39, 0.29) is 6.03 Å². The van der Waals surface area contributed by atoms with Crippen LogP contribution in [-0.2, 0) is 6.42 Å². The molecule has 2 atom stereocenters. The third-order valence-corrected chi connectivity index (χ3v) is 4.76. The first-order valence-corrected chi connectivity index (χ1v) is 8.52. The van der Waals surface area contributed by atoms with E-state index in [9.17, 15) is 4.79 Å². The maximum atomic E-state index is 12.2.